The molecule has 0 saturated heterocycles. The second kappa shape index (κ2) is 51.0. The third kappa shape index (κ3) is 34.2. The van der Waals surface area contributed by atoms with Crippen LogP contribution in [0.2, 0.25) is 0 Å². The van der Waals surface area contributed by atoms with Gasteiger partial charge in [-0.2, -0.15) is 28.4 Å². The number of hydrogen-bond donors (Lipinski definition) is 0. The normalized spacial score (nSPS) is 10.8. The molecule has 0 aliphatic rings. The van der Waals surface area contributed by atoms with E-state index in [1.165, 1.54) is 61.8 Å². The van der Waals surface area contributed by atoms with Gasteiger partial charge in [-0.15, -0.1) is 15.3 Å². The molecule has 114 heavy (non-hydrogen) atoms. The van der Waals surface area contributed by atoms with Gasteiger partial charge in [-0.3, -0.25) is 14.0 Å². The fourth-order valence-electron chi connectivity index (χ4n) is 12.9. The van der Waals surface area contributed by atoms with E-state index in [1.807, 2.05) is 140 Å². The largest absolute Gasteiger partial charge is 0.364 e. The molecule has 30 heteroatoms. The summed E-state index contributed by atoms with van der Waals surface area (Å²) in [5.74, 6) is 11.0. The standard InChI is InChI=1S/3C8H14N2.C8H13NS.2C7H13N3.C7H12N2.C7H11NO.2C6H11N3.C6H10N2O.C6H10N2S/c1-6(2)8-7(3)9-5-10(8)4;1-6(2)8-7(3)5-9-10(8)4;1-6(2)10-7(3)5-9-8(10)4;1-5(2)8-6(3)9-10-7(8)4;1-5(2)7-6(3)8-9-10(7)4;1-5(2)10-6(3)8-9-7(10)4;1-6(2)7-8-4-5-9(7)3;1-5(2)7-4-9-8-6(7)3;1-5(2)6-7-4-8-9(6)3;1-5(2)9-6(3)7-4-8-9;2*1-4(2)6-5(3)7-9-8-6/h3*5-6H,1-4H3;3*5H,1-4H3;4-6H,1-3H3;3*4-5H,1-3H3;2*4H,1-3H3. The van der Waals surface area contributed by atoms with Crippen LogP contribution in [-0.4, -0.2) is 126 Å². The van der Waals surface area contributed by atoms with E-state index in [2.05, 4.69) is 308 Å². The summed E-state index contributed by atoms with van der Waals surface area (Å²) >= 11 is 2.90. The smallest absolute Gasteiger partial charge is 0.138 e. The Morgan fingerprint density at radius 1 is 0.377 bits per heavy atom. The van der Waals surface area contributed by atoms with Gasteiger partial charge in [-0.05, 0) is 190 Å². The molecule has 0 saturated carbocycles. The van der Waals surface area contributed by atoms with Crippen molar-refractivity contribution in [1.82, 2.24) is 126 Å². The van der Waals surface area contributed by atoms with Gasteiger partial charge in [0.15, 0.2) is 0 Å². The van der Waals surface area contributed by atoms with E-state index >= 15 is 0 Å². The molecule has 0 amide bonds. The number of rotatable bonds is 12. The molecular formula is C84H146N26O2S2. The van der Waals surface area contributed by atoms with Gasteiger partial charge in [-0.25, -0.2) is 34.2 Å². The minimum absolute atomic E-state index is 0.413. The molecule has 0 aliphatic carbocycles. The first kappa shape index (κ1) is 103. The van der Waals surface area contributed by atoms with Crippen molar-refractivity contribution in [3.05, 3.63) is 175 Å². The van der Waals surface area contributed by atoms with E-state index in [4.69, 9.17) is 4.52 Å². The van der Waals surface area contributed by atoms with Gasteiger partial charge in [0.2, 0.25) is 0 Å². The first-order valence-electron chi connectivity index (χ1n) is 39.8. The number of aryl methyl sites for hydroxylation is 18. The summed E-state index contributed by atoms with van der Waals surface area (Å²) in [6.07, 6.45) is 14.4. The molecule has 28 nitrogen and oxygen atoms in total. The molecule has 0 aromatic carbocycles. The molecule has 0 unspecified atom stereocenters. The Kier molecular flexibility index (Phi) is 46.1. The lowest BCUT2D eigenvalue weighted by atomic mass is 10.0. The zero-order valence-electron chi connectivity index (χ0n) is 77.8. The molecule has 0 bridgehead atoms. The summed E-state index contributed by atoms with van der Waals surface area (Å²) in [5, 5.41) is 39.0. The number of aromatic nitrogens is 26. The summed E-state index contributed by atoms with van der Waals surface area (Å²) in [6, 6.07) is 1.42. The number of imidazole rings is 3. The van der Waals surface area contributed by atoms with Crippen LogP contribution in [0.4, 0.5) is 0 Å². The van der Waals surface area contributed by atoms with Crippen molar-refractivity contribution in [3.63, 3.8) is 0 Å². The van der Waals surface area contributed by atoms with Crippen molar-refractivity contribution >= 4 is 23.3 Å². The Balaban J connectivity index is 0.000000622. The van der Waals surface area contributed by atoms with Crippen LogP contribution in [0.3, 0.4) is 0 Å². The Hall–Kier alpha value is -9.06. The van der Waals surface area contributed by atoms with Gasteiger partial charge in [0.25, 0.3) is 0 Å². The highest BCUT2D eigenvalue weighted by Crippen LogP contribution is 2.26. The summed E-state index contributed by atoms with van der Waals surface area (Å²) in [5.41, 5.74) is 17.5. The molecule has 12 rings (SSSR count). The minimum atomic E-state index is 0.413. The molecule has 12 heterocycles. The maximum absolute atomic E-state index is 4.76. The highest BCUT2D eigenvalue weighted by Gasteiger charge is 2.15. The SMILES string of the molecule is CC(C)c1nccn1C.CC(C)c1ncnn1C.Cc1cnc(C)n1C(C)C.Cc1cnn(C)c1C(C)C.Cc1ncn(C)c1C(C)C.Cc1ncnn1C(C)C.Cc1nnc(C)n1C(C)C.Cc1nnn(C)c1C(C)C.Cc1nocc1C(C)C.Cc1nonc1C(C)C.Cc1nsc(C)c1C(C)C.Cc1nsnc1C(C)C. The lowest BCUT2D eigenvalue weighted by Gasteiger charge is -2.10. The van der Waals surface area contributed by atoms with Crippen molar-refractivity contribution in [3.8, 4) is 0 Å². The Bertz CT molecular complexity index is 3680. The highest BCUT2D eigenvalue weighted by molar-refractivity contribution is 7.05. The van der Waals surface area contributed by atoms with Gasteiger partial charge in [0.05, 0.1) is 64.1 Å². The summed E-state index contributed by atoms with van der Waals surface area (Å²) < 4.78 is 37.7. The first-order valence-corrected chi connectivity index (χ1v) is 41.4. The predicted molar refractivity (Wildman–Crippen MR) is 466 cm³/mol. The topological polar surface area (TPSA) is 298 Å². The van der Waals surface area contributed by atoms with Crippen LogP contribution >= 0.6 is 23.3 Å². The maximum atomic E-state index is 4.76. The average molecular weight is 1620 g/mol. The molecule has 636 valence electrons. The molecule has 0 spiro atoms. The van der Waals surface area contributed by atoms with Gasteiger partial charge in [-0.1, -0.05) is 145 Å². The number of hydrogen-bond acceptors (Lipinski definition) is 22. The summed E-state index contributed by atoms with van der Waals surface area (Å²) in [4.78, 5) is 22.0. The molecule has 0 radical (unpaired) electrons. The third-order valence-corrected chi connectivity index (χ3v) is 19.2. The van der Waals surface area contributed by atoms with Crippen LogP contribution in [-0.2, 0) is 35.2 Å². The van der Waals surface area contributed by atoms with Crippen molar-refractivity contribution in [2.75, 3.05) is 0 Å². The van der Waals surface area contributed by atoms with Crippen molar-refractivity contribution in [2.24, 2.45) is 35.2 Å². The van der Waals surface area contributed by atoms with Crippen molar-refractivity contribution < 1.29 is 9.15 Å². The van der Waals surface area contributed by atoms with E-state index < -0.39 is 0 Å². The molecule has 0 aliphatic heterocycles. The Labute approximate surface area is 692 Å². The van der Waals surface area contributed by atoms with E-state index in [1.54, 1.807) is 35.1 Å². The summed E-state index contributed by atoms with van der Waals surface area (Å²) in [6.45, 7) is 77.6. The van der Waals surface area contributed by atoms with Crippen molar-refractivity contribution in [1.29, 1.82) is 0 Å². The maximum Gasteiger partial charge on any atom is 0.138 e. The zero-order valence-corrected chi connectivity index (χ0v) is 79.4. The third-order valence-electron chi connectivity index (χ3n) is 17.7. The summed E-state index contributed by atoms with van der Waals surface area (Å²) in [7, 11) is 9.87. The van der Waals surface area contributed by atoms with E-state index in [9.17, 15) is 0 Å². The van der Waals surface area contributed by atoms with Crippen LogP contribution in [0.15, 0.2) is 59.2 Å². The van der Waals surface area contributed by atoms with E-state index in [0.717, 1.165) is 74.8 Å². The van der Waals surface area contributed by atoms with Crippen LogP contribution in [0.25, 0.3) is 0 Å². The zero-order chi connectivity index (χ0) is 87.5. The lowest BCUT2D eigenvalue weighted by molar-refractivity contribution is 0.300. The van der Waals surface area contributed by atoms with Gasteiger partial charge >= 0.3 is 0 Å². The second-order valence-corrected chi connectivity index (χ2v) is 33.5. The van der Waals surface area contributed by atoms with Crippen LogP contribution in [0.5, 0.6) is 0 Å². The van der Waals surface area contributed by atoms with Crippen LogP contribution < -0.4 is 0 Å². The number of nitrogens with zero attached hydrogens (tertiary/aromatic N) is 26. The molecule has 0 N–H and O–H groups in total. The second-order valence-electron chi connectivity index (χ2n) is 32.0. The monoisotopic (exact) mass is 1620 g/mol. The van der Waals surface area contributed by atoms with E-state index in [0.29, 0.717) is 71.4 Å². The lowest BCUT2D eigenvalue weighted by Crippen LogP contribution is -2.04. The Morgan fingerprint density at radius 3 is 1.15 bits per heavy atom. The average Bonchev–Trinajstić information content (AvgIpc) is 1.73. The van der Waals surface area contributed by atoms with Crippen LogP contribution in [0.1, 0.15) is 362 Å². The van der Waals surface area contributed by atoms with Gasteiger partial charge in [0, 0.05) is 117 Å². The molecule has 0 fully saturated rings. The quantitative estimate of drug-likeness (QED) is 0.110. The van der Waals surface area contributed by atoms with Crippen LogP contribution in [0, 0.1) is 90.0 Å². The molecule has 12 aromatic heterocycles. The van der Waals surface area contributed by atoms with Gasteiger partial charge < -0.3 is 22.8 Å². The predicted octanol–water partition coefficient (Wildman–Crippen LogP) is 20.6. The van der Waals surface area contributed by atoms with Crippen molar-refractivity contribution in [2.45, 2.75) is 328 Å². The highest BCUT2D eigenvalue weighted by atomic mass is 32.1. The molecular weight excluding hydrogens is 1470 g/mol. The molecule has 12 aromatic rings. The van der Waals surface area contributed by atoms with E-state index in [-0.39, 0.29) is 0 Å². The Morgan fingerprint density at radius 2 is 0.939 bits per heavy atom. The fourth-order valence-corrected chi connectivity index (χ4v) is 14.4. The molecule has 0 atom stereocenters. The first-order chi connectivity index (χ1) is 53.0. The fraction of sp³-hybridized carbons (Fsp3) is 0.643. The minimum Gasteiger partial charge on any atom is -0.364 e. The van der Waals surface area contributed by atoms with Gasteiger partial charge in [0.1, 0.15) is 65.3 Å².